The van der Waals surface area contributed by atoms with Crippen LogP contribution in [-0.4, -0.2) is 22.2 Å². The van der Waals surface area contributed by atoms with Gasteiger partial charge in [-0.25, -0.2) is 9.59 Å². The van der Waals surface area contributed by atoms with Crippen molar-refractivity contribution in [1.82, 2.24) is 5.32 Å². The van der Waals surface area contributed by atoms with Gasteiger partial charge in [-0.05, 0) is 0 Å². The lowest BCUT2D eigenvalue weighted by Gasteiger charge is -2.23. The highest BCUT2D eigenvalue weighted by Gasteiger charge is 2.39. The summed E-state index contributed by atoms with van der Waals surface area (Å²) in [5, 5.41) is 20.3. The number of nitrogens with two attached hydrogens (primary N) is 1. The van der Waals surface area contributed by atoms with E-state index in [2.05, 4.69) is 0 Å². The molecule has 6 nitrogen and oxygen atoms in total. The van der Waals surface area contributed by atoms with E-state index in [9.17, 15) is 14.7 Å². The van der Waals surface area contributed by atoms with Crippen molar-refractivity contribution in [3.63, 3.8) is 0 Å². The molecule has 80 valence electrons. The molecule has 0 aliphatic carbocycles. The SMILES string of the molecule is NC(=O)NC(O)(C(=O)O)c1ccccc1. The minimum Gasteiger partial charge on any atom is -0.477 e. The average Bonchev–Trinajstić information content (AvgIpc) is 2.17. The van der Waals surface area contributed by atoms with E-state index in [-0.39, 0.29) is 5.56 Å². The number of carboxylic acids is 1. The Morgan fingerprint density at radius 2 is 1.80 bits per heavy atom. The Bertz CT molecular complexity index is 379. The Hall–Kier alpha value is -2.08. The average molecular weight is 210 g/mol. The smallest absolute Gasteiger partial charge is 0.362 e. The number of aliphatic hydroxyl groups is 1. The van der Waals surface area contributed by atoms with Gasteiger partial charge in [0.2, 0.25) is 0 Å². The van der Waals surface area contributed by atoms with E-state index in [1.54, 1.807) is 11.4 Å². The first-order chi connectivity index (χ1) is 6.97. The van der Waals surface area contributed by atoms with Crippen LogP contribution in [0.15, 0.2) is 30.3 Å². The quantitative estimate of drug-likeness (QED) is 0.507. The summed E-state index contributed by atoms with van der Waals surface area (Å²) in [4.78, 5) is 21.4. The first-order valence-corrected chi connectivity index (χ1v) is 4.05. The molecule has 0 radical (unpaired) electrons. The monoisotopic (exact) mass is 210 g/mol. The number of carboxylic acid groups (broad SMARTS) is 1. The second-order valence-electron chi connectivity index (χ2n) is 2.87. The van der Waals surface area contributed by atoms with Crippen LogP contribution in [0.25, 0.3) is 0 Å². The molecule has 0 spiro atoms. The van der Waals surface area contributed by atoms with Gasteiger partial charge in [0, 0.05) is 5.56 Å². The van der Waals surface area contributed by atoms with E-state index < -0.39 is 17.7 Å². The number of amides is 2. The molecule has 1 atom stereocenters. The van der Waals surface area contributed by atoms with Gasteiger partial charge < -0.3 is 15.9 Å². The molecule has 0 heterocycles. The van der Waals surface area contributed by atoms with Crippen molar-refractivity contribution in [3.05, 3.63) is 35.9 Å². The summed E-state index contributed by atoms with van der Waals surface area (Å²) in [6, 6.07) is 6.32. The molecule has 1 unspecified atom stereocenters. The number of primary amides is 1. The molecule has 0 aliphatic rings. The number of nitrogens with one attached hydrogen (secondary N) is 1. The zero-order valence-electron chi connectivity index (χ0n) is 7.68. The molecule has 0 aliphatic heterocycles. The molecule has 0 bridgehead atoms. The summed E-state index contributed by atoms with van der Waals surface area (Å²) in [6.45, 7) is 0. The molecule has 1 aromatic rings. The maximum Gasteiger partial charge on any atom is 0.362 e. The zero-order chi connectivity index (χ0) is 11.5. The third-order valence-corrected chi connectivity index (χ3v) is 1.81. The maximum absolute atomic E-state index is 10.8. The molecule has 0 saturated carbocycles. The topological polar surface area (TPSA) is 113 Å². The molecule has 1 aromatic carbocycles. The van der Waals surface area contributed by atoms with E-state index in [0.29, 0.717) is 0 Å². The second-order valence-corrected chi connectivity index (χ2v) is 2.87. The number of carbonyl (C=O) groups is 2. The number of hydrogen-bond donors (Lipinski definition) is 4. The van der Waals surface area contributed by atoms with E-state index in [0.717, 1.165) is 0 Å². The zero-order valence-corrected chi connectivity index (χ0v) is 7.68. The molecular weight excluding hydrogens is 200 g/mol. The summed E-state index contributed by atoms with van der Waals surface area (Å²) in [7, 11) is 0. The first-order valence-electron chi connectivity index (χ1n) is 4.05. The normalized spacial score (nSPS) is 13.9. The molecule has 6 heteroatoms. The molecule has 0 aromatic heterocycles. The lowest BCUT2D eigenvalue weighted by molar-refractivity contribution is -0.162. The van der Waals surface area contributed by atoms with Crippen molar-refractivity contribution in [2.24, 2.45) is 5.73 Å². The van der Waals surface area contributed by atoms with Crippen molar-refractivity contribution < 1.29 is 19.8 Å². The number of urea groups is 1. The van der Waals surface area contributed by atoms with Crippen molar-refractivity contribution in [3.8, 4) is 0 Å². The minimum atomic E-state index is -2.49. The highest BCUT2D eigenvalue weighted by Crippen LogP contribution is 2.17. The van der Waals surface area contributed by atoms with Crippen LogP contribution in [0.3, 0.4) is 0 Å². The maximum atomic E-state index is 10.8. The largest absolute Gasteiger partial charge is 0.477 e. The first kappa shape index (κ1) is 11.0. The van der Waals surface area contributed by atoms with Crippen molar-refractivity contribution in [2.45, 2.75) is 5.72 Å². The van der Waals surface area contributed by atoms with Gasteiger partial charge >= 0.3 is 12.0 Å². The van der Waals surface area contributed by atoms with Gasteiger partial charge in [-0.1, -0.05) is 30.3 Å². The molecular formula is C9H10N2O4. The molecule has 0 saturated heterocycles. The Morgan fingerprint density at radius 1 is 1.27 bits per heavy atom. The molecule has 1 rings (SSSR count). The third-order valence-electron chi connectivity index (χ3n) is 1.81. The summed E-state index contributed by atoms with van der Waals surface area (Å²) >= 11 is 0. The van der Waals surface area contributed by atoms with Crippen LogP contribution in [-0.2, 0) is 10.5 Å². The van der Waals surface area contributed by atoms with Crippen molar-refractivity contribution in [1.29, 1.82) is 0 Å². The predicted molar refractivity (Wildman–Crippen MR) is 50.7 cm³/mol. The number of hydrogen-bond acceptors (Lipinski definition) is 3. The fraction of sp³-hybridized carbons (Fsp3) is 0.111. The Labute approximate surface area is 85.3 Å². The van der Waals surface area contributed by atoms with Crippen LogP contribution >= 0.6 is 0 Å². The molecule has 0 fully saturated rings. The lowest BCUT2D eigenvalue weighted by Crippen LogP contribution is -2.53. The van der Waals surface area contributed by atoms with Crippen LogP contribution in [0, 0.1) is 0 Å². The fourth-order valence-electron chi connectivity index (χ4n) is 1.11. The number of aliphatic carboxylic acids is 1. The number of rotatable bonds is 3. The fourth-order valence-corrected chi connectivity index (χ4v) is 1.11. The number of carbonyl (C=O) groups excluding carboxylic acids is 1. The summed E-state index contributed by atoms with van der Waals surface area (Å²) in [5.41, 5.74) is 2.31. The number of benzene rings is 1. The standard InChI is InChI=1S/C9H10N2O4/c10-8(14)11-9(15,7(12)13)6-4-2-1-3-5-6/h1-5,15H,(H,12,13)(H3,10,11,14). The second kappa shape index (κ2) is 3.97. The van der Waals surface area contributed by atoms with Gasteiger partial charge in [0.25, 0.3) is 5.72 Å². The van der Waals surface area contributed by atoms with Crippen molar-refractivity contribution >= 4 is 12.0 Å². The van der Waals surface area contributed by atoms with Gasteiger partial charge in [-0.15, -0.1) is 0 Å². The predicted octanol–water partition coefficient (Wildman–Crippen LogP) is -0.415. The van der Waals surface area contributed by atoms with Gasteiger partial charge in [0.15, 0.2) is 0 Å². The van der Waals surface area contributed by atoms with Crippen molar-refractivity contribution in [2.75, 3.05) is 0 Å². The van der Waals surface area contributed by atoms with E-state index in [4.69, 9.17) is 10.8 Å². The third kappa shape index (κ3) is 2.23. The van der Waals surface area contributed by atoms with Gasteiger partial charge in [0.05, 0.1) is 0 Å². The van der Waals surface area contributed by atoms with Gasteiger partial charge in [-0.3, -0.25) is 5.32 Å². The molecule has 2 amide bonds. The van der Waals surface area contributed by atoms with Crippen LogP contribution in [0.5, 0.6) is 0 Å². The van der Waals surface area contributed by atoms with Crippen LogP contribution in [0.4, 0.5) is 4.79 Å². The van der Waals surface area contributed by atoms with Crippen LogP contribution in [0.2, 0.25) is 0 Å². The molecule has 15 heavy (non-hydrogen) atoms. The summed E-state index contributed by atoms with van der Waals surface area (Å²) in [6.07, 6.45) is 0. The molecule has 5 N–H and O–H groups in total. The van der Waals surface area contributed by atoms with E-state index in [1.165, 1.54) is 24.3 Å². The van der Waals surface area contributed by atoms with Gasteiger partial charge in [0.1, 0.15) is 0 Å². The lowest BCUT2D eigenvalue weighted by atomic mass is 10.0. The van der Waals surface area contributed by atoms with E-state index in [1.807, 2.05) is 0 Å². The van der Waals surface area contributed by atoms with Crippen LogP contribution in [0.1, 0.15) is 5.56 Å². The van der Waals surface area contributed by atoms with Crippen LogP contribution < -0.4 is 11.1 Å². The van der Waals surface area contributed by atoms with E-state index >= 15 is 0 Å². The summed E-state index contributed by atoms with van der Waals surface area (Å²) in [5.74, 6) is -1.60. The Morgan fingerprint density at radius 3 is 2.20 bits per heavy atom. The minimum absolute atomic E-state index is 0.0244. The highest BCUT2D eigenvalue weighted by atomic mass is 16.4. The van der Waals surface area contributed by atoms with Gasteiger partial charge in [-0.2, -0.15) is 0 Å². The Balaban J connectivity index is 3.13. The summed E-state index contributed by atoms with van der Waals surface area (Å²) < 4.78 is 0. The Kier molecular flexibility index (Phi) is 2.91. The highest BCUT2D eigenvalue weighted by molar-refractivity contribution is 5.85.